The molecule has 0 bridgehead atoms. The quantitative estimate of drug-likeness (QED) is 0.387. The van der Waals surface area contributed by atoms with Crippen molar-refractivity contribution in [2.24, 2.45) is 5.14 Å². The van der Waals surface area contributed by atoms with Crippen molar-refractivity contribution in [3.05, 3.63) is 84.4 Å². The lowest BCUT2D eigenvalue weighted by atomic mass is 10.1. The molecular formula is C23H25N3O6S2. The predicted molar refractivity (Wildman–Crippen MR) is 128 cm³/mol. The maximum Gasteiger partial charge on any atom is 0.242 e. The number of nitrogens with one attached hydrogen (secondary N) is 2. The smallest absolute Gasteiger partial charge is 0.242 e. The Morgan fingerprint density at radius 1 is 0.882 bits per heavy atom. The molecule has 11 heteroatoms. The van der Waals surface area contributed by atoms with Gasteiger partial charge in [-0.05, 0) is 67.4 Å². The Kier molecular flexibility index (Phi) is 8.05. The monoisotopic (exact) mass is 503 g/mol. The van der Waals surface area contributed by atoms with E-state index in [1.54, 1.807) is 24.3 Å². The van der Waals surface area contributed by atoms with Crippen molar-refractivity contribution in [2.45, 2.75) is 29.2 Å². The zero-order chi connectivity index (χ0) is 24.8. The van der Waals surface area contributed by atoms with Crippen molar-refractivity contribution >= 4 is 31.6 Å². The van der Waals surface area contributed by atoms with Gasteiger partial charge in [0, 0.05) is 5.69 Å². The minimum absolute atomic E-state index is 0.0145. The van der Waals surface area contributed by atoms with Gasteiger partial charge in [-0.15, -0.1) is 0 Å². The summed E-state index contributed by atoms with van der Waals surface area (Å²) in [5.41, 5.74) is 1.04. The fraction of sp³-hybridized carbons (Fsp3) is 0.174. The average molecular weight is 504 g/mol. The van der Waals surface area contributed by atoms with Gasteiger partial charge >= 0.3 is 0 Å². The van der Waals surface area contributed by atoms with E-state index in [0.717, 1.165) is 5.56 Å². The highest BCUT2D eigenvalue weighted by molar-refractivity contribution is 7.89. The SMILES string of the molecule is CCOc1ccc(S(=O)(=O)N[C@@H](Cc2ccccc2)C(=O)Nc2ccc(S(N)(=O)=O)cc2)cc1. The van der Waals surface area contributed by atoms with E-state index in [1.165, 1.54) is 48.5 Å². The Morgan fingerprint density at radius 3 is 2.03 bits per heavy atom. The number of anilines is 1. The molecule has 34 heavy (non-hydrogen) atoms. The van der Waals surface area contributed by atoms with Crippen molar-refractivity contribution < 1.29 is 26.4 Å². The summed E-state index contributed by atoms with van der Waals surface area (Å²) < 4.78 is 56.7. The number of hydrogen-bond acceptors (Lipinski definition) is 6. The molecule has 3 aromatic rings. The maximum atomic E-state index is 13.0. The number of sulfonamides is 2. The second kappa shape index (κ2) is 10.8. The third-order valence-electron chi connectivity index (χ3n) is 4.79. The Hall–Kier alpha value is -3.25. The Bertz CT molecular complexity index is 1330. The maximum absolute atomic E-state index is 13.0. The van der Waals surface area contributed by atoms with Gasteiger partial charge in [-0.1, -0.05) is 30.3 Å². The first-order valence-electron chi connectivity index (χ1n) is 10.3. The summed E-state index contributed by atoms with van der Waals surface area (Å²) in [4.78, 5) is 12.9. The van der Waals surface area contributed by atoms with Crippen LogP contribution < -0.4 is 19.9 Å². The van der Waals surface area contributed by atoms with Crippen LogP contribution in [0.3, 0.4) is 0 Å². The van der Waals surface area contributed by atoms with E-state index in [1.807, 2.05) is 13.0 Å². The van der Waals surface area contributed by atoms with Crippen LogP contribution in [-0.4, -0.2) is 35.4 Å². The van der Waals surface area contributed by atoms with Crippen LogP contribution in [0.4, 0.5) is 5.69 Å². The average Bonchev–Trinajstić information content (AvgIpc) is 2.79. The number of benzene rings is 3. The third kappa shape index (κ3) is 6.87. The van der Waals surface area contributed by atoms with E-state index in [4.69, 9.17) is 9.88 Å². The molecule has 1 amide bonds. The van der Waals surface area contributed by atoms with Crippen LogP contribution >= 0.6 is 0 Å². The molecule has 0 radical (unpaired) electrons. The van der Waals surface area contributed by atoms with Gasteiger partial charge in [0.2, 0.25) is 26.0 Å². The van der Waals surface area contributed by atoms with Crippen molar-refractivity contribution in [3.8, 4) is 5.75 Å². The van der Waals surface area contributed by atoms with Crippen LogP contribution in [0.5, 0.6) is 5.75 Å². The van der Waals surface area contributed by atoms with Crippen LogP contribution in [0.1, 0.15) is 12.5 Å². The van der Waals surface area contributed by atoms with E-state index in [-0.39, 0.29) is 21.9 Å². The highest BCUT2D eigenvalue weighted by atomic mass is 32.2. The minimum atomic E-state index is -4.04. The van der Waals surface area contributed by atoms with E-state index in [0.29, 0.717) is 12.4 Å². The van der Waals surface area contributed by atoms with Crippen molar-refractivity contribution in [3.63, 3.8) is 0 Å². The number of amides is 1. The van der Waals surface area contributed by atoms with Crippen LogP contribution in [0, 0.1) is 0 Å². The third-order valence-corrected chi connectivity index (χ3v) is 7.21. The van der Waals surface area contributed by atoms with E-state index in [9.17, 15) is 21.6 Å². The van der Waals surface area contributed by atoms with Crippen molar-refractivity contribution in [1.29, 1.82) is 0 Å². The molecule has 0 heterocycles. The lowest BCUT2D eigenvalue weighted by Crippen LogP contribution is -2.45. The molecule has 0 spiro atoms. The zero-order valence-electron chi connectivity index (χ0n) is 18.3. The van der Waals surface area contributed by atoms with Gasteiger partial charge in [0.1, 0.15) is 11.8 Å². The lowest BCUT2D eigenvalue weighted by molar-refractivity contribution is -0.117. The summed E-state index contributed by atoms with van der Waals surface area (Å²) in [6.07, 6.45) is 0.0954. The molecular weight excluding hydrogens is 478 g/mol. The largest absolute Gasteiger partial charge is 0.494 e. The number of primary sulfonamides is 1. The fourth-order valence-electron chi connectivity index (χ4n) is 3.13. The summed E-state index contributed by atoms with van der Waals surface area (Å²) in [7, 11) is -7.92. The second-order valence-electron chi connectivity index (χ2n) is 7.33. The predicted octanol–water partition coefficient (Wildman–Crippen LogP) is 2.26. The molecule has 0 aliphatic rings. The number of carbonyl (C=O) groups excluding carboxylic acids is 1. The number of hydrogen-bond donors (Lipinski definition) is 3. The van der Waals surface area contributed by atoms with Crippen LogP contribution in [0.2, 0.25) is 0 Å². The van der Waals surface area contributed by atoms with Gasteiger partial charge in [-0.25, -0.2) is 22.0 Å². The molecule has 0 saturated heterocycles. The summed E-state index contributed by atoms with van der Waals surface area (Å²) >= 11 is 0. The van der Waals surface area contributed by atoms with Crippen LogP contribution in [-0.2, 0) is 31.3 Å². The first kappa shape index (κ1) is 25.4. The van der Waals surface area contributed by atoms with E-state index < -0.39 is 32.0 Å². The molecule has 1 atom stereocenters. The molecule has 0 fully saturated rings. The highest BCUT2D eigenvalue weighted by Crippen LogP contribution is 2.18. The molecule has 0 saturated carbocycles. The van der Waals surface area contributed by atoms with Gasteiger partial charge in [0.05, 0.1) is 16.4 Å². The van der Waals surface area contributed by atoms with E-state index >= 15 is 0 Å². The zero-order valence-corrected chi connectivity index (χ0v) is 20.0. The molecule has 180 valence electrons. The number of carbonyl (C=O) groups is 1. The molecule has 9 nitrogen and oxygen atoms in total. The molecule has 0 unspecified atom stereocenters. The molecule has 0 aliphatic carbocycles. The Balaban J connectivity index is 1.83. The molecule has 0 aromatic heterocycles. The first-order chi connectivity index (χ1) is 16.1. The highest BCUT2D eigenvalue weighted by Gasteiger charge is 2.26. The van der Waals surface area contributed by atoms with Gasteiger partial charge in [-0.3, -0.25) is 4.79 Å². The molecule has 3 aromatic carbocycles. The van der Waals surface area contributed by atoms with Crippen molar-refractivity contribution in [2.75, 3.05) is 11.9 Å². The van der Waals surface area contributed by atoms with E-state index in [2.05, 4.69) is 10.0 Å². The Labute approximate surface area is 199 Å². The standard InChI is InChI=1S/C23H25N3O6S2/c1-2-32-19-10-14-21(15-11-19)34(30,31)26-22(16-17-6-4-3-5-7-17)23(27)25-18-8-12-20(13-9-18)33(24,28)29/h3-15,22,26H,2,16H2,1H3,(H,25,27)(H2,24,28,29)/t22-/m0/s1. The van der Waals surface area contributed by atoms with Gasteiger partial charge in [0.25, 0.3) is 0 Å². The topological polar surface area (TPSA) is 145 Å². The summed E-state index contributed by atoms with van der Waals surface area (Å²) in [5, 5.41) is 7.71. The van der Waals surface area contributed by atoms with Crippen LogP contribution in [0.15, 0.2) is 88.7 Å². The molecule has 3 rings (SSSR count). The molecule has 0 aliphatic heterocycles. The minimum Gasteiger partial charge on any atom is -0.494 e. The Morgan fingerprint density at radius 2 is 1.47 bits per heavy atom. The van der Waals surface area contributed by atoms with Gasteiger partial charge in [0.15, 0.2) is 0 Å². The summed E-state index contributed by atoms with van der Waals surface area (Å²) in [6.45, 7) is 2.27. The van der Waals surface area contributed by atoms with Crippen LogP contribution in [0.25, 0.3) is 0 Å². The summed E-state index contributed by atoms with van der Waals surface area (Å²) in [6, 6.07) is 18.9. The summed E-state index contributed by atoms with van der Waals surface area (Å²) in [5.74, 6) is -0.0790. The normalized spacial score (nSPS) is 12.6. The number of nitrogens with two attached hydrogens (primary N) is 1. The van der Waals surface area contributed by atoms with Gasteiger partial charge < -0.3 is 10.1 Å². The molecule has 4 N–H and O–H groups in total. The number of rotatable bonds is 10. The number of ether oxygens (including phenoxy) is 1. The lowest BCUT2D eigenvalue weighted by Gasteiger charge is -2.19. The van der Waals surface area contributed by atoms with Gasteiger partial charge in [-0.2, -0.15) is 4.72 Å². The second-order valence-corrected chi connectivity index (χ2v) is 10.6. The first-order valence-corrected chi connectivity index (χ1v) is 13.3. The van der Waals surface area contributed by atoms with Crippen molar-refractivity contribution in [1.82, 2.24) is 4.72 Å². The fourth-order valence-corrected chi connectivity index (χ4v) is 4.84.